The van der Waals surface area contributed by atoms with Crippen molar-refractivity contribution in [2.75, 3.05) is 0 Å². The van der Waals surface area contributed by atoms with Crippen molar-refractivity contribution in [3.05, 3.63) is 82.7 Å². The molecule has 2 aromatic carbocycles. The number of hydrogen-bond donors (Lipinski definition) is 2. The van der Waals surface area contributed by atoms with Gasteiger partial charge in [-0.15, -0.1) is 0 Å². The molecule has 2 N–H and O–H groups in total. The Hall–Kier alpha value is -3.41. The fourth-order valence-electron chi connectivity index (χ4n) is 4.02. The Morgan fingerprint density at radius 2 is 1.83 bits per heavy atom. The summed E-state index contributed by atoms with van der Waals surface area (Å²) in [4.78, 5) is 24.6. The van der Waals surface area contributed by atoms with Gasteiger partial charge in [0.15, 0.2) is 5.69 Å². The van der Waals surface area contributed by atoms with Crippen LogP contribution < -0.4 is 5.32 Å². The smallest absolute Gasteiger partial charge is 0.305 e. The van der Waals surface area contributed by atoms with Gasteiger partial charge in [-0.25, -0.2) is 4.68 Å². The topological polar surface area (TPSA) is 84.2 Å². The van der Waals surface area contributed by atoms with Crippen LogP contribution in [0.5, 0.6) is 0 Å². The highest BCUT2D eigenvalue weighted by Crippen LogP contribution is 2.29. The summed E-state index contributed by atoms with van der Waals surface area (Å²) in [5.41, 5.74) is 5.09. The summed E-state index contributed by atoms with van der Waals surface area (Å²) in [6.45, 7) is 1.91. The molecule has 0 fully saturated rings. The summed E-state index contributed by atoms with van der Waals surface area (Å²) in [6, 6.07) is 16.7. The van der Waals surface area contributed by atoms with Gasteiger partial charge >= 0.3 is 5.97 Å². The molecule has 1 aliphatic rings. The third kappa shape index (κ3) is 3.78. The van der Waals surface area contributed by atoms with E-state index in [1.54, 1.807) is 0 Å². The van der Waals surface area contributed by atoms with E-state index in [4.69, 9.17) is 0 Å². The number of benzene rings is 2. The van der Waals surface area contributed by atoms with E-state index >= 15 is 0 Å². The van der Waals surface area contributed by atoms with E-state index in [1.165, 1.54) is 0 Å². The van der Waals surface area contributed by atoms with Crippen LogP contribution in [0.3, 0.4) is 0 Å². The number of aromatic nitrogens is 2. The van der Waals surface area contributed by atoms with Crippen molar-refractivity contribution >= 4 is 11.9 Å². The maximum Gasteiger partial charge on any atom is 0.305 e. The molecule has 1 aliphatic carbocycles. The molecule has 1 atom stereocenters. The molecule has 0 bridgehead atoms. The highest BCUT2D eigenvalue weighted by molar-refractivity contribution is 5.95. The van der Waals surface area contributed by atoms with Crippen molar-refractivity contribution in [2.24, 2.45) is 0 Å². The lowest BCUT2D eigenvalue weighted by Crippen LogP contribution is -2.31. The van der Waals surface area contributed by atoms with Crippen molar-refractivity contribution in [3.63, 3.8) is 0 Å². The Labute approximate surface area is 169 Å². The van der Waals surface area contributed by atoms with Crippen molar-refractivity contribution < 1.29 is 14.7 Å². The lowest BCUT2D eigenvalue weighted by atomic mass is 9.98. The second kappa shape index (κ2) is 7.91. The van der Waals surface area contributed by atoms with Gasteiger partial charge in [0.2, 0.25) is 0 Å². The van der Waals surface area contributed by atoms with Gasteiger partial charge in [-0.2, -0.15) is 5.10 Å². The first-order valence-corrected chi connectivity index (χ1v) is 9.79. The number of aliphatic carboxylic acids is 1. The molecule has 1 amide bonds. The van der Waals surface area contributed by atoms with E-state index < -0.39 is 12.0 Å². The molecule has 0 saturated heterocycles. The van der Waals surface area contributed by atoms with Crippen molar-refractivity contribution in [1.29, 1.82) is 0 Å². The Morgan fingerprint density at radius 3 is 2.55 bits per heavy atom. The first-order valence-electron chi connectivity index (χ1n) is 9.79. The number of carboxylic acids is 1. The van der Waals surface area contributed by atoms with E-state index in [0.29, 0.717) is 5.69 Å². The number of carbonyl (C=O) groups is 2. The lowest BCUT2D eigenvalue weighted by Gasteiger charge is -2.19. The Kier molecular flexibility index (Phi) is 5.16. The Morgan fingerprint density at radius 1 is 1.10 bits per heavy atom. The number of hydrogen-bond acceptors (Lipinski definition) is 3. The molecular weight excluding hydrogens is 366 g/mol. The average molecular weight is 389 g/mol. The molecular formula is C23H23N3O3. The zero-order chi connectivity index (χ0) is 20.4. The van der Waals surface area contributed by atoms with Crippen LogP contribution in [-0.4, -0.2) is 26.8 Å². The normalized spacial score (nSPS) is 13.7. The van der Waals surface area contributed by atoms with Crippen molar-refractivity contribution in [2.45, 2.75) is 38.6 Å². The number of aryl methyl sites for hydroxylation is 1. The van der Waals surface area contributed by atoms with Crippen LogP contribution in [0, 0.1) is 6.92 Å². The predicted octanol–water partition coefficient (Wildman–Crippen LogP) is 3.62. The molecule has 148 valence electrons. The van der Waals surface area contributed by atoms with Crippen LogP contribution in [0.1, 0.15) is 51.8 Å². The Bertz CT molecular complexity index is 1060. The summed E-state index contributed by atoms with van der Waals surface area (Å²) in [7, 11) is 0. The number of nitrogens with zero attached hydrogens (tertiary/aromatic N) is 2. The van der Waals surface area contributed by atoms with Crippen LogP contribution in [0.25, 0.3) is 5.69 Å². The van der Waals surface area contributed by atoms with Gasteiger partial charge < -0.3 is 10.4 Å². The minimum atomic E-state index is -0.960. The van der Waals surface area contributed by atoms with E-state index in [0.717, 1.165) is 47.3 Å². The van der Waals surface area contributed by atoms with Gasteiger partial charge in [-0.05, 0) is 49.4 Å². The van der Waals surface area contributed by atoms with Gasteiger partial charge in [0.05, 0.1) is 18.2 Å². The lowest BCUT2D eigenvalue weighted by molar-refractivity contribution is -0.137. The number of nitrogens with one attached hydrogen (secondary N) is 1. The maximum atomic E-state index is 13.1. The number of carbonyl (C=O) groups excluding carboxylic acids is 1. The fraction of sp³-hybridized carbons (Fsp3) is 0.261. The third-order valence-corrected chi connectivity index (χ3v) is 5.39. The van der Waals surface area contributed by atoms with Crippen LogP contribution in [0.2, 0.25) is 0 Å². The zero-order valence-electron chi connectivity index (χ0n) is 16.3. The Balaban J connectivity index is 1.67. The highest BCUT2D eigenvalue weighted by Gasteiger charge is 2.29. The summed E-state index contributed by atoms with van der Waals surface area (Å²) in [6.07, 6.45) is 2.48. The SMILES string of the molecule is Cc1ccccc1C(CC(=O)O)NC(=O)c1nn(-c2ccccc2)c2c1CCC2. The van der Waals surface area contributed by atoms with Crippen LogP contribution in [0.15, 0.2) is 54.6 Å². The van der Waals surface area contributed by atoms with E-state index in [-0.39, 0.29) is 12.3 Å². The van der Waals surface area contributed by atoms with Crippen molar-refractivity contribution in [3.8, 4) is 5.69 Å². The zero-order valence-corrected chi connectivity index (χ0v) is 16.3. The number of carboxylic acid groups (broad SMARTS) is 1. The molecule has 1 heterocycles. The van der Waals surface area contributed by atoms with Gasteiger partial charge in [0.1, 0.15) is 0 Å². The van der Waals surface area contributed by atoms with E-state index in [1.807, 2.05) is 66.2 Å². The predicted molar refractivity (Wildman–Crippen MR) is 109 cm³/mol. The minimum Gasteiger partial charge on any atom is -0.481 e. The molecule has 0 radical (unpaired) electrons. The molecule has 6 nitrogen and oxygen atoms in total. The third-order valence-electron chi connectivity index (χ3n) is 5.39. The standard InChI is InChI=1S/C23H23N3O3/c1-15-8-5-6-11-17(15)19(14-21(27)28)24-23(29)22-18-12-7-13-20(18)26(25-22)16-9-3-2-4-10-16/h2-6,8-11,19H,7,12-14H2,1H3,(H,24,29)(H,27,28). The molecule has 3 aromatic rings. The molecule has 4 rings (SSSR count). The van der Waals surface area contributed by atoms with Crippen LogP contribution in [-0.2, 0) is 17.6 Å². The van der Waals surface area contributed by atoms with Crippen LogP contribution >= 0.6 is 0 Å². The first kappa shape index (κ1) is 18.9. The van der Waals surface area contributed by atoms with Crippen LogP contribution in [0.4, 0.5) is 0 Å². The van der Waals surface area contributed by atoms with Gasteiger partial charge in [0, 0.05) is 11.3 Å². The van der Waals surface area contributed by atoms with Crippen molar-refractivity contribution in [1.82, 2.24) is 15.1 Å². The van der Waals surface area contributed by atoms with Gasteiger partial charge in [-0.1, -0.05) is 42.5 Å². The molecule has 29 heavy (non-hydrogen) atoms. The van der Waals surface area contributed by atoms with Gasteiger partial charge in [0.25, 0.3) is 5.91 Å². The number of amides is 1. The molecule has 1 unspecified atom stereocenters. The first-order chi connectivity index (χ1) is 14.0. The van der Waals surface area contributed by atoms with E-state index in [9.17, 15) is 14.7 Å². The number of fused-ring (bicyclic) bond motifs is 1. The monoisotopic (exact) mass is 389 g/mol. The molecule has 0 saturated carbocycles. The molecule has 0 spiro atoms. The van der Waals surface area contributed by atoms with E-state index in [2.05, 4.69) is 10.4 Å². The van der Waals surface area contributed by atoms with Gasteiger partial charge in [-0.3, -0.25) is 9.59 Å². The summed E-state index contributed by atoms with van der Waals surface area (Å²) in [5, 5.41) is 16.9. The second-order valence-electron chi connectivity index (χ2n) is 7.36. The fourth-order valence-corrected chi connectivity index (χ4v) is 4.02. The minimum absolute atomic E-state index is 0.182. The second-order valence-corrected chi connectivity index (χ2v) is 7.36. The molecule has 1 aromatic heterocycles. The number of para-hydroxylation sites is 1. The quantitative estimate of drug-likeness (QED) is 0.674. The molecule has 0 aliphatic heterocycles. The summed E-state index contributed by atoms with van der Waals surface area (Å²) >= 11 is 0. The maximum absolute atomic E-state index is 13.1. The number of rotatable bonds is 6. The summed E-state index contributed by atoms with van der Waals surface area (Å²) < 4.78 is 1.84. The molecule has 6 heteroatoms. The average Bonchev–Trinajstić information content (AvgIpc) is 3.31. The largest absolute Gasteiger partial charge is 0.481 e. The highest BCUT2D eigenvalue weighted by atomic mass is 16.4. The summed E-state index contributed by atoms with van der Waals surface area (Å²) in [5.74, 6) is -1.29.